The largest absolute Gasteiger partial charge is 0.335 e. The zero-order chi connectivity index (χ0) is 13.7. The molecule has 2 heterocycles. The third kappa shape index (κ3) is 3.30. The first kappa shape index (κ1) is 14.4. The summed E-state index contributed by atoms with van der Waals surface area (Å²) in [5, 5.41) is 7.40. The first-order valence-electron chi connectivity index (χ1n) is 7.10. The molecular weight excluding hydrogens is 260 g/mol. The van der Waals surface area contributed by atoms with E-state index in [0.717, 1.165) is 55.9 Å². The fourth-order valence-corrected chi connectivity index (χ4v) is 3.25. The van der Waals surface area contributed by atoms with Crippen LogP contribution in [0.15, 0.2) is 0 Å². The van der Waals surface area contributed by atoms with Crippen molar-refractivity contribution in [3.8, 4) is 0 Å². The third-order valence-electron chi connectivity index (χ3n) is 3.56. The van der Waals surface area contributed by atoms with Crippen LogP contribution in [0, 0.1) is 0 Å². The van der Waals surface area contributed by atoms with E-state index in [1.807, 2.05) is 11.8 Å². The highest BCUT2D eigenvalue weighted by Crippen LogP contribution is 2.20. The molecule has 0 spiro atoms. The molecule has 0 unspecified atom stereocenters. The highest BCUT2D eigenvalue weighted by Gasteiger charge is 2.28. The fraction of sp³-hybridized carbons (Fsp3) is 0.769. The lowest BCUT2D eigenvalue weighted by molar-refractivity contribution is 0.0646. The zero-order valence-corrected chi connectivity index (χ0v) is 12.5. The molecule has 19 heavy (non-hydrogen) atoms. The summed E-state index contributed by atoms with van der Waals surface area (Å²) in [5.74, 6) is 0.126. The molecule has 1 aliphatic heterocycles. The number of nitrogens with zero attached hydrogens (tertiary/aromatic N) is 3. The molecule has 0 saturated carbocycles. The van der Waals surface area contributed by atoms with Crippen LogP contribution in [0.4, 0.5) is 0 Å². The van der Waals surface area contributed by atoms with Gasteiger partial charge in [0.15, 0.2) is 0 Å². The topological polar surface area (TPSA) is 58.1 Å². The molecular formula is C13H22N4OS. The van der Waals surface area contributed by atoms with Crippen molar-refractivity contribution in [3.63, 3.8) is 0 Å². The highest BCUT2D eigenvalue weighted by atomic mass is 32.1. The van der Waals surface area contributed by atoms with Crippen molar-refractivity contribution in [2.45, 2.75) is 45.6 Å². The zero-order valence-electron chi connectivity index (χ0n) is 11.7. The second-order valence-electron chi connectivity index (χ2n) is 4.88. The van der Waals surface area contributed by atoms with Crippen molar-refractivity contribution >= 4 is 17.4 Å². The van der Waals surface area contributed by atoms with E-state index in [1.165, 1.54) is 11.5 Å². The average Bonchev–Trinajstić information content (AvgIpc) is 2.93. The molecule has 0 aromatic carbocycles. The van der Waals surface area contributed by atoms with Gasteiger partial charge in [0.1, 0.15) is 4.88 Å². The molecule has 1 N–H and O–H groups in total. The lowest BCUT2D eigenvalue weighted by Crippen LogP contribution is -2.46. The summed E-state index contributed by atoms with van der Waals surface area (Å²) in [6, 6.07) is 0.362. The first-order chi connectivity index (χ1) is 9.27. The molecule has 0 bridgehead atoms. The Morgan fingerprint density at radius 1 is 1.42 bits per heavy atom. The van der Waals surface area contributed by atoms with E-state index in [2.05, 4.69) is 21.8 Å². The average molecular weight is 282 g/mol. The van der Waals surface area contributed by atoms with E-state index in [9.17, 15) is 4.79 Å². The van der Waals surface area contributed by atoms with Gasteiger partial charge in [0.05, 0.1) is 5.69 Å². The Bertz CT molecular complexity index is 415. The van der Waals surface area contributed by atoms with E-state index in [1.54, 1.807) is 0 Å². The minimum Gasteiger partial charge on any atom is -0.335 e. The molecule has 1 aromatic rings. The van der Waals surface area contributed by atoms with Crippen LogP contribution in [0.2, 0.25) is 0 Å². The molecule has 1 saturated heterocycles. The van der Waals surface area contributed by atoms with Gasteiger partial charge in [0.2, 0.25) is 0 Å². The summed E-state index contributed by atoms with van der Waals surface area (Å²) in [7, 11) is 0. The maximum atomic E-state index is 12.7. The van der Waals surface area contributed by atoms with Crippen LogP contribution in [-0.2, 0) is 6.42 Å². The number of aromatic nitrogens is 2. The fourth-order valence-electron chi connectivity index (χ4n) is 2.54. The van der Waals surface area contributed by atoms with E-state index in [-0.39, 0.29) is 5.91 Å². The molecule has 1 amide bonds. The maximum Gasteiger partial charge on any atom is 0.267 e. The van der Waals surface area contributed by atoms with Gasteiger partial charge in [-0.15, -0.1) is 5.10 Å². The monoisotopic (exact) mass is 282 g/mol. The summed E-state index contributed by atoms with van der Waals surface area (Å²) in [6.07, 6.45) is 3.84. The molecule has 5 nitrogen and oxygen atoms in total. The Morgan fingerprint density at radius 3 is 2.79 bits per heavy atom. The number of piperidine rings is 1. The van der Waals surface area contributed by atoms with Crippen molar-refractivity contribution < 1.29 is 4.79 Å². The van der Waals surface area contributed by atoms with Gasteiger partial charge in [-0.25, -0.2) is 0 Å². The van der Waals surface area contributed by atoms with Gasteiger partial charge in [0, 0.05) is 12.6 Å². The van der Waals surface area contributed by atoms with Crippen molar-refractivity contribution in [2.24, 2.45) is 0 Å². The number of rotatable bonds is 5. The number of aryl methyl sites for hydroxylation is 1. The molecule has 1 aromatic heterocycles. The van der Waals surface area contributed by atoms with Crippen LogP contribution in [0.25, 0.3) is 0 Å². The lowest BCUT2D eigenvalue weighted by atomic mass is 10.0. The van der Waals surface area contributed by atoms with Crippen LogP contribution in [0.1, 0.15) is 48.5 Å². The number of nitrogens with one attached hydrogen (secondary N) is 1. The van der Waals surface area contributed by atoms with Gasteiger partial charge in [-0.2, -0.15) is 0 Å². The SMILES string of the molecule is CCCN(C(=O)c1snnc1CC)C1CCNCC1. The Labute approximate surface area is 118 Å². The predicted octanol–water partition coefficient (Wildman–Crippen LogP) is 1.70. The van der Waals surface area contributed by atoms with Gasteiger partial charge in [0.25, 0.3) is 5.91 Å². The van der Waals surface area contributed by atoms with Gasteiger partial charge in [-0.3, -0.25) is 4.79 Å². The van der Waals surface area contributed by atoms with Gasteiger partial charge in [-0.05, 0) is 50.3 Å². The summed E-state index contributed by atoms with van der Waals surface area (Å²) in [5.41, 5.74) is 0.838. The molecule has 0 radical (unpaired) electrons. The molecule has 1 fully saturated rings. The Morgan fingerprint density at radius 2 is 2.16 bits per heavy atom. The van der Waals surface area contributed by atoms with Gasteiger partial charge in [-0.1, -0.05) is 18.3 Å². The number of hydrogen-bond donors (Lipinski definition) is 1. The molecule has 0 aliphatic carbocycles. The van der Waals surface area contributed by atoms with E-state index in [0.29, 0.717) is 6.04 Å². The van der Waals surface area contributed by atoms with Gasteiger partial charge < -0.3 is 10.2 Å². The first-order valence-corrected chi connectivity index (χ1v) is 7.88. The Hall–Kier alpha value is -1.01. The van der Waals surface area contributed by atoms with Crippen LogP contribution >= 0.6 is 11.5 Å². The quantitative estimate of drug-likeness (QED) is 0.893. The Kier molecular flexibility index (Phi) is 5.27. The smallest absolute Gasteiger partial charge is 0.267 e. The molecule has 6 heteroatoms. The highest BCUT2D eigenvalue weighted by molar-refractivity contribution is 7.08. The molecule has 106 valence electrons. The minimum absolute atomic E-state index is 0.126. The van der Waals surface area contributed by atoms with Crippen LogP contribution in [0.3, 0.4) is 0 Å². The third-order valence-corrected chi connectivity index (χ3v) is 4.32. The molecule has 2 rings (SSSR count). The van der Waals surface area contributed by atoms with Crippen LogP contribution in [0.5, 0.6) is 0 Å². The van der Waals surface area contributed by atoms with Crippen molar-refractivity contribution in [3.05, 3.63) is 10.6 Å². The standard InChI is InChI=1S/C13H22N4OS/c1-3-9-17(10-5-7-14-8-6-10)13(18)12-11(4-2)15-16-19-12/h10,14H,3-9H2,1-2H3. The van der Waals surface area contributed by atoms with Crippen LogP contribution in [-0.4, -0.2) is 46.1 Å². The van der Waals surface area contributed by atoms with Crippen molar-refractivity contribution in [1.82, 2.24) is 19.8 Å². The van der Waals surface area contributed by atoms with Crippen LogP contribution < -0.4 is 5.32 Å². The minimum atomic E-state index is 0.126. The van der Waals surface area contributed by atoms with Crippen molar-refractivity contribution in [1.29, 1.82) is 0 Å². The summed E-state index contributed by atoms with van der Waals surface area (Å²) >= 11 is 1.23. The summed E-state index contributed by atoms with van der Waals surface area (Å²) in [4.78, 5) is 15.5. The number of hydrogen-bond acceptors (Lipinski definition) is 5. The van der Waals surface area contributed by atoms with E-state index in [4.69, 9.17) is 0 Å². The second-order valence-corrected chi connectivity index (χ2v) is 5.64. The maximum absolute atomic E-state index is 12.7. The molecule has 0 atom stereocenters. The summed E-state index contributed by atoms with van der Waals surface area (Å²) < 4.78 is 3.93. The Balaban J connectivity index is 2.15. The number of carbonyl (C=O) groups excluding carboxylic acids is 1. The number of carbonyl (C=O) groups is 1. The lowest BCUT2D eigenvalue weighted by Gasteiger charge is -2.34. The van der Waals surface area contributed by atoms with E-state index >= 15 is 0 Å². The van der Waals surface area contributed by atoms with Crippen molar-refractivity contribution in [2.75, 3.05) is 19.6 Å². The normalized spacial score (nSPS) is 16.5. The summed E-state index contributed by atoms with van der Waals surface area (Å²) in [6.45, 7) is 6.96. The molecule has 1 aliphatic rings. The predicted molar refractivity (Wildman–Crippen MR) is 76.5 cm³/mol. The number of amides is 1. The van der Waals surface area contributed by atoms with Gasteiger partial charge >= 0.3 is 0 Å². The van der Waals surface area contributed by atoms with E-state index < -0.39 is 0 Å². The second kappa shape index (κ2) is 6.96.